The van der Waals surface area contributed by atoms with Gasteiger partial charge in [-0.2, -0.15) is 12.6 Å². The van der Waals surface area contributed by atoms with Crippen LogP contribution in [-0.4, -0.2) is 23.4 Å². The molecule has 78 valence electrons. The van der Waals surface area contributed by atoms with Crippen molar-refractivity contribution in [3.05, 3.63) is 0 Å². The minimum absolute atomic E-state index is 0.421. The number of piperidine rings is 1. The van der Waals surface area contributed by atoms with Gasteiger partial charge in [0.1, 0.15) is 0 Å². The van der Waals surface area contributed by atoms with E-state index in [4.69, 9.17) is 0 Å². The van der Waals surface area contributed by atoms with Crippen molar-refractivity contribution < 1.29 is 0 Å². The lowest BCUT2D eigenvalue weighted by molar-refractivity contribution is 0.0960. The maximum absolute atomic E-state index is 4.50. The number of hydrogen-bond acceptors (Lipinski definition) is 2. The molecule has 1 aliphatic rings. The normalized spacial score (nSPS) is 28.8. The predicted octanol–water partition coefficient (Wildman–Crippen LogP) is 3.02. The predicted molar refractivity (Wildman–Crippen MR) is 62.2 cm³/mol. The molecule has 0 amide bonds. The summed E-state index contributed by atoms with van der Waals surface area (Å²) >= 11 is 4.50. The average Bonchev–Trinajstić information content (AvgIpc) is 2.03. The molecule has 0 saturated carbocycles. The Morgan fingerprint density at radius 3 is 2.46 bits per heavy atom. The molecule has 1 fully saturated rings. The topological polar surface area (TPSA) is 3.24 Å². The smallest absolute Gasteiger partial charge is 0.0499 e. The zero-order chi connectivity index (χ0) is 10.1. The summed E-state index contributed by atoms with van der Waals surface area (Å²) in [6, 6.07) is 0. The first-order valence-corrected chi connectivity index (χ1v) is 5.85. The standard InChI is InChI=1S/C11H23NS/c1-9(13)12-7-5-6-10(8-12)11(2,3)4/h9-10,13H,5-8H2,1-4H3. The molecule has 2 atom stereocenters. The van der Waals surface area contributed by atoms with E-state index in [0.29, 0.717) is 10.8 Å². The van der Waals surface area contributed by atoms with Crippen LogP contribution >= 0.6 is 12.6 Å². The van der Waals surface area contributed by atoms with Gasteiger partial charge in [0.25, 0.3) is 0 Å². The fourth-order valence-electron chi connectivity index (χ4n) is 2.05. The quantitative estimate of drug-likeness (QED) is 0.638. The van der Waals surface area contributed by atoms with E-state index >= 15 is 0 Å². The van der Waals surface area contributed by atoms with Crippen LogP contribution in [0.2, 0.25) is 0 Å². The molecule has 0 radical (unpaired) electrons. The largest absolute Gasteiger partial charge is 0.292 e. The molecule has 1 rings (SSSR count). The second-order valence-electron chi connectivity index (χ2n) is 5.33. The number of nitrogens with zero attached hydrogens (tertiary/aromatic N) is 1. The molecule has 2 unspecified atom stereocenters. The SMILES string of the molecule is CC(S)N1CCCC(C(C)(C)C)C1. The maximum Gasteiger partial charge on any atom is 0.0499 e. The third-order valence-corrected chi connectivity index (χ3v) is 3.53. The van der Waals surface area contributed by atoms with Crippen LogP contribution in [-0.2, 0) is 0 Å². The Balaban J connectivity index is 2.52. The molecule has 1 saturated heterocycles. The van der Waals surface area contributed by atoms with Gasteiger partial charge in [0, 0.05) is 11.9 Å². The summed E-state index contributed by atoms with van der Waals surface area (Å²) in [5, 5.41) is 0.421. The molecule has 1 nitrogen and oxygen atoms in total. The van der Waals surface area contributed by atoms with Crippen molar-refractivity contribution in [1.82, 2.24) is 4.90 Å². The van der Waals surface area contributed by atoms with Crippen LogP contribution in [0.3, 0.4) is 0 Å². The first kappa shape index (κ1) is 11.4. The van der Waals surface area contributed by atoms with Crippen molar-refractivity contribution in [2.45, 2.75) is 45.9 Å². The van der Waals surface area contributed by atoms with Crippen molar-refractivity contribution in [1.29, 1.82) is 0 Å². The summed E-state index contributed by atoms with van der Waals surface area (Å²) in [5.74, 6) is 0.843. The Kier molecular flexibility index (Phi) is 3.70. The van der Waals surface area contributed by atoms with Crippen molar-refractivity contribution in [3.63, 3.8) is 0 Å². The highest BCUT2D eigenvalue weighted by Crippen LogP contribution is 2.33. The molecule has 0 bridgehead atoms. The fourth-order valence-corrected chi connectivity index (χ4v) is 2.26. The third-order valence-electron chi connectivity index (χ3n) is 3.21. The van der Waals surface area contributed by atoms with Gasteiger partial charge in [0.05, 0.1) is 0 Å². The van der Waals surface area contributed by atoms with Crippen LogP contribution in [0.25, 0.3) is 0 Å². The minimum atomic E-state index is 0.421. The van der Waals surface area contributed by atoms with Gasteiger partial charge in [-0.25, -0.2) is 0 Å². The van der Waals surface area contributed by atoms with E-state index in [9.17, 15) is 0 Å². The molecule has 0 aromatic heterocycles. The van der Waals surface area contributed by atoms with Gasteiger partial charge >= 0.3 is 0 Å². The Morgan fingerprint density at radius 2 is 2.00 bits per heavy atom. The van der Waals surface area contributed by atoms with Crippen LogP contribution in [0.4, 0.5) is 0 Å². The average molecular weight is 201 g/mol. The van der Waals surface area contributed by atoms with Gasteiger partial charge in [-0.05, 0) is 37.6 Å². The summed E-state index contributed by atoms with van der Waals surface area (Å²) in [5.41, 5.74) is 0.460. The van der Waals surface area contributed by atoms with E-state index in [1.165, 1.54) is 25.9 Å². The number of hydrogen-bond donors (Lipinski definition) is 1. The van der Waals surface area contributed by atoms with Crippen LogP contribution in [0.5, 0.6) is 0 Å². The first-order chi connectivity index (χ1) is 5.91. The lowest BCUT2D eigenvalue weighted by atomic mass is 9.76. The van der Waals surface area contributed by atoms with E-state index in [2.05, 4.69) is 45.2 Å². The Morgan fingerprint density at radius 1 is 1.38 bits per heavy atom. The van der Waals surface area contributed by atoms with Crippen molar-refractivity contribution in [3.8, 4) is 0 Å². The Bertz CT molecular complexity index is 160. The lowest BCUT2D eigenvalue weighted by Gasteiger charge is -2.41. The maximum atomic E-state index is 4.50. The second kappa shape index (κ2) is 4.22. The van der Waals surface area contributed by atoms with Crippen LogP contribution in [0.15, 0.2) is 0 Å². The van der Waals surface area contributed by atoms with E-state index in [0.717, 1.165) is 5.92 Å². The minimum Gasteiger partial charge on any atom is -0.292 e. The third kappa shape index (κ3) is 3.17. The fraction of sp³-hybridized carbons (Fsp3) is 1.00. The molecular weight excluding hydrogens is 178 g/mol. The molecule has 0 aromatic carbocycles. The lowest BCUT2D eigenvalue weighted by Crippen LogP contribution is -2.43. The molecule has 0 aliphatic carbocycles. The second-order valence-corrected chi connectivity index (χ2v) is 6.08. The van der Waals surface area contributed by atoms with Gasteiger partial charge < -0.3 is 0 Å². The van der Waals surface area contributed by atoms with Crippen molar-refractivity contribution in [2.75, 3.05) is 13.1 Å². The molecule has 1 heterocycles. The van der Waals surface area contributed by atoms with Crippen molar-refractivity contribution >= 4 is 12.6 Å². The number of rotatable bonds is 1. The summed E-state index contributed by atoms with van der Waals surface area (Å²) in [6.07, 6.45) is 2.73. The molecule has 2 heteroatoms. The van der Waals surface area contributed by atoms with Crippen LogP contribution in [0.1, 0.15) is 40.5 Å². The highest BCUT2D eigenvalue weighted by molar-refractivity contribution is 7.80. The summed E-state index contributed by atoms with van der Waals surface area (Å²) < 4.78 is 0. The van der Waals surface area contributed by atoms with Gasteiger partial charge in [-0.3, -0.25) is 4.90 Å². The zero-order valence-corrected chi connectivity index (χ0v) is 10.3. The first-order valence-electron chi connectivity index (χ1n) is 5.33. The van der Waals surface area contributed by atoms with Gasteiger partial charge in [0.2, 0.25) is 0 Å². The Hall–Kier alpha value is 0.310. The summed E-state index contributed by atoms with van der Waals surface area (Å²) in [7, 11) is 0. The van der Waals surface area contributed by atoms with Gasteiger partial charge in [0.15, 0.2) is 0 Å². The summed E-state index contributed by atoms with van der Waals surface area (Å²) in [4.78, 5) is 2.49. The van der Waals surface area contributed by atoms with E-state index < -0.39 is 0 Å². The Labute approximate surface area is 88.3 Å². The van der Waals surface area contributed by atoms with E-state index in [-0.39, 0.29) is 0 Å². The monoisotopic (exact) mass is 201 g/mol. The van der Waals surface area contributed by atoms with Crippen molar-refractivity contribution in [2.24, 2.45) is 11.3 Å². The van der Waals surface area contributed by atoms with Crippen LogP contribution in [0, 0.1) is 11.3 Å². The highest BCUT2D eigenvalue weighted by atomic mass is 32.1. The molecule has 13 heavy (non-hydrogen) atoms. The number of thiol groups is 1. The van der Waals surface area contributed by atoms with E-state index in [1.54, 1.807) is 0 Å². The molecule has 0 spiro atoms. The van der Waals surface area contributed by atoms with E-state index in [1.807, 2.05) is 0 Å². The number of likely N-dealkylation sites (tertiary alicyclic amines) is 1. The highest BCUT2D eigenvalue weighted by Gasteiger charge is 2.30. The van der Waals surface area contributed by atoms with Gasteiger partial charge in [-0.15, -0.1) is 0 Å². The molecular formula is C11H23NS. The molecule has 1 aliphatic heterocycles. The molecule has 0 N–H and O–H groups in total. The molecule has 0 aromatic rings. The zero-order valence-electron chi connectivity index (χ0n) is 9.38. The summed E-state index contributed by atoms with van der Waals surface area (Å²) in [6.45, 7) is 11.7. The van der Waals surface area contributed by atoms with Gasteiger partial charge in [-0.1, -0.05) is 20.8 Å². The van der Waals surface area contributed by atoms with Crippen LogP contribution < -0.4 is 0 Å².